The van der Waals surface area contributed by atoms with E-state index in [1.165, 1.54) is 11.8 Å². The zero-order valence-corrected chi connectivity index (χ0v) is 19.5. The highest BCUT2D eigenvalue weighted by molar-refractivity contribution is 7.99. The van der Waals surface area contributed by atoms with E-state index in [1.807, 2.05) is 41.8 Å². The number of carbonyl (C=O) groups is 1. The number of rotatable bonds is 11. The first-order valence-electron chi connectivity index (χ1n) is 10.5. The Morgan fingerprint density at radius 3 is 2.91 bits per heavy atom. The predicted molar refractivity (Wildman–Crippen MR) is 125 cm³/mol. The third-order valence-electron chi connectivity index (χ3n) is 4.95. The molecule has 1 N–H and O–H groups in total. The Morgan fingerprint density at radius 1 is 1.28 bits per heavy atom. The van der Waals surface area contributed by atoms with E-state index in [0.29, 0.717) is 31.2 Å². The number of nitrogens with one attached hydrogen (secondary N) is 1. The number of amides is 1. The average molecular weight is 475 g/mol. The topological polar surface area (TPSA) is 87.5 Å². The fourth-order valence-corrected chi connectivity index (χ4v) is 4.91. The lowest BCUT2D eigenvalue weighted by atomic mass is 10.2. The smallest absolute Gasteiger partial charge is 0.230 e. The molecule has 4 rings (SSSR count). The number of hydrogen-bond donors (Lipinski definition) is 1. The van der Waals surface area contributed by atoms with Gasteiger partial charge in [0.15, 0.2) is 22.5 Å². The number of methoxy groups -OCH3 is 1. The molecule has 1 atom stereocenters. The average Bonchev–Trinajstić information content (AvgIpc) is 3.58. The molecule has 8 nitrogen and oxygen atoms in total. The monoisotopic (exact) mass is 474 g/mol. The third-order valence-corrected chi connectivity index (χ3v) is 6.78. The summed E-state index contributed by atoms with van der Waals surface area (Å²) in [6.45, 7) is 2.24. The van der Waals surface area contributed by atoms with Crippen molar-refractivity contribution in [1.29, 1.82) is 0 Å². The summed E-state index contributed by atoms with van der Waals surface area (Å²) in [5, 5.41) is 14.4. The molecule has 1 aliphatic heterocycles. The molecule has 1 amide bonds. The number of ether oxygens (including phenoxy) is 3. The second-order valence-electron chi connectivity index (χ2n) is 7.17. The van der Waals surface area contributed by atoms with E-state index >= 15 is 0 Å². The largest absolute Gasteiger partial charge is 0.493 e. The van der Waals surface area contributed by atoms with E-state index in [0.717, 1.165) is 35.3 Å². The van der Waals surface area contributed by atoms with E-state index in [9.17, 15) is 4.79 Å². The molecule has 2 aromatic heterocycles. The van der Waals surface area contributed by atoms with Crippen LogP contribution in [0.2, 0.25) is 0 Å². The first-order valence-corrected chi connectivity index (χ1v) is 12.3. The van der Waals surface area contributed by atoms with Crippen LogP contribution in [0.4, 0.5) is 0 Å². The molecule has 170 valence electrons. The molecule has 3 heterocycles. The van der Waals surface area contributed by atoms with Gasteiger partial charge in [-0.3, -0.25) is 9.36 Å². The Morgan fingerprint density at radius 2 is 2.16 bits per heavy atom. The molecule has 1 fully saturated rings. The van der Waals surface area contributed by atoms with Gasteiger partial charge in [0.05, 0.1) is 36.9 Å². The molecule has 32 heavy (non-hydrogen) atoms. The van der Waals surface area contributed by atoms with E-state index in [2.05, 4.69) is 20.1 Å². The maximum Gasteiger partial charge on any atom is 0.230 e. The van der Waals surface area contributed by atoms with Crippen LogP contribution in [0.5, 0.6) is 11.5 Å². The molecule has 1 aromatic carbocycles. The summed E-state index contributed by atoms with van der Waals surface area (Å²) in [4.78, 5) is 13.4. The molecule has 0 radical (unpaired) electrons. The van der Waals surface area contributed by atoms with Crippen molar-refractivity contribution < 1.29 is 19.0 Å². The highest BCUT2D eigenvalue weighted by atomic mass is 32.2. The van der Waals surface area contributed by atoms with Crippen molar-refractivity contribution in [1.82, 2.24) is 20.1 Å². The number of thioether (sulfide) groups is 1. The van der Waals surface area contributed by atoms with Crippen molar-refractivity contribution in [3.05, 3.63) is 41.8 Å². The Kier molecular flexibility index (Phi) is 8.02. The summed E-state index contributed by atoms with van der Waals surface area (Å²) >= 11 is 3.01. The van der Waals surface area contributed by atoms with Gasteiger partial charge in [0, 0.05) is 6.61 Å². The van der Waals surface area contributed by atoms with Gasteiger partial charge >= 0.3 is 0 Å². The number of aromatic nitrogens is 3. The summed E-state index contributed by atoms with van der Waals surface area (Å²) in [7, 11) is 1.60. The SMILES string of the molecule is COc1ccccc1OCCNC(=O)CSc1nnc(-c2cccs2)n1CC1CCCO1. The van der Waals surface area contributed by atoms with Gasteiger partial charge in [0.2, 0.25) is 5.91 Å². The van der Waals surface area contributed by atoms with E-state index < -0.39 is 0 Å². The minimum Gasteiger partial charge on any atom is -0.493 e. The van der Waals surface area contributed by atoms with E-state index in [-0.39, 0.29) is 17.8 Å². The maximum absolute atomic E-state index is 12.3. The van der Waals surface area contributed by atoms with E-state index in [4.69, 9.17) is 14.2 Å². The van der Waals surface area contributed by atoms with Gasteiger partial charge < -0.3 is 19.5 Å². The Labute approximate surface area is 195 Å². The van der Waals surface area contributed by atoms with Gasteiger partial charge in [-0.1, -0.05) is 30.0 Å². The Balaban J connectivity index is 1.29. The molecular formula is C22H26N4O4S2. The number of carbonyl (C=O) groups excluding carboxylic acids is 1. The summed E-state index contributed by atoms with van der Waals surface area (Å²) in [6.07, 6.45) is 2.26. The highest BCUT2D eigenvalue weighted by Gasteiger charge is 2.22. The second-order valence-corrected chi connectivity index (χ2v) is 9.06. The van der Waals surface area contributed by atoms with Crippen LogP contribution in [-0.2, 0) is 16.1 Å². The van der Waals surface area contributed by atoms with Crippen LogP contribution in [0.25, 0.3) is 10.7 Å². The number of para-hydroxylation sites is 2. The van der Waals surface area contributed by atoms with Crippen LogP contribution < -0.4 is 14.8 Å². The van der Waals surface area contributed by atoms with Crippen molar-refractivity contribution in [2.45, 2.75) is 30.6 Å². The first-order chi connectivity index (χ1) is 15.7. The van der Waals surface area contributed by atoms with Gasteiger partial charge in [0.25, 0.3) is 0 Å². The van der Waals surface area contributed by atoms with Crippen LogP contribution in [0, 0.1) is 0 Å². The van der Waals surface area contributed by atoms with Crippen molar-refractivity contribution >= 4 is 29.0 Å². The van der Waals surface area contributed by atoms with Crippen molar-refractivity contribution in [2.75, 3.05) is 32.6 Å². The number of nitrogens with zero attached hydrogens (tertiary/aromatic N) is 3. The Bertz CT molecular complexity index is 1000. The number of hydrogen-bond acceptors (Lipinski definition) is 8. The Hall–Kier alpha value is -2.56. The van der Waals surface area contributed by atoms with Crippen molar-refractivity contribution in [2.24, 2.45) is 0 Å². The molecular weight excluding hydrogens is 448 g/mol. The first kappa shape index (κ1) is 22.6. The molecule has 0 saturated carbocycles. The zero-order valence-electron chi connectivity index (χ0n) is 17.9. The van der Waals surface area contributed by atoms with Crippen molar-refractivity contribution in [3.63, 3.8) is 0 Å². The number of thiophene rings is 1. The lowest BCUT2D eigenvalue weighted by Gasteiger charge is -2.14. The number of benzene rings is 1. The fourth-order valence-electron chi connectivity index (χ4n) is 3.41. The third kappa shape index (κ3) is 5.81. The van der Waals surface area contributed by atoms with Crippen LogP contribution in [0.3, 0.4) is 0 Å². The summed E-state index contributed by atoms with van der Waals surface area (Å²) in [6, 6.07) is 11.5. The lowest BCUT2D eigenvalue weighted by Crippen LogP contribution is -2.29. The van der Waals surface area contributed by atoms with Crippen LogP contribution in [-0.4, -0.2) is 59.4 Å². The highest BCUT2D eigenvalue weighted by Crippen LogP contribution is 2.29. The molecule has 1 aliphatic rings. The maximum atomic E-state index is 12.3. The quantitative estimate of drug-likeness (QED) is 0.336. The van der Waals surface area contributed by atoms with Crippen molar-refractivity contribution in [3.8, 4) is 22.2 Å². The molecule has 0 aliphatic carbocycles. The summed E-state index contributed by atoms with van der Waals surface area (Å²) < 4.78 is 18.8. The summed E-state index contributed by atoms with van der Waals surface area (Å²) in [5.41, 5.74) is 0. The van der Waals surface area contributed by atoms with Gasteiger partial charge in [0.1, 0.15) is 6.61 Å². The minimum absolute atomic E-state index is 0.0806. The minimum atomic E-state index is -0.0806. The molecule has 1 saturated heterocycles. The van der Waals surface area contributed by atoms with Gasteiger partial charge in [-0.2, -0.15) is 0 Å². The zero-order chi connectivity index (χ0) is 22.2. The predicted octanol–water partition coefficient (Wildman–Crippen LogP) is 3.48. The fraction of sp³-hybridized carbons (Fsp3) is 0.409. The lowest BCUT2D eigenvalue weighted by molar-refractivity contribution is -0.118. The van der Waals surface area contributed by atoms with E-state index in [1.54, 1.807) is 18.4 Å². The molecule has 0 bridgehead atoms. The molecule has 3 aromatic rings. The summed E-state index contributed by atoms with van der Waals surface area (Å²) in [5.74, 6) is 2.32. The molecule has 1 unspecified atom stereocenters. The van der Waals surface area contributed by atoms with Gasteiger partial charge in [-0.25, -0.2) is 0 Å². The van der Waals surface area contributed by atoms with Crippen LogP contribution in [0.15, 0.2) is 46.9 Å². The van der Waals surface area contributed by atoms with Crippen LogP contribution in [0.1, 0.15) is 12.8 Å². The van der Waals surface area contributed by atoms with Gasteiger partial charge in [-0.05, 0) is 36.4 Å². The standard InChI is InChI=1S/C22H26N4O4S2/c1-28-17-7-2-3-8-18(17)30-12-10-23-20(27)15-32-22-25-24-21(19-9-5-13-31-19)26(22)14-16-6-4-11-29-16/h2-3,5,7-9,13,16H,4,6,10-12,14-15H2,1H3,(H,23,27). The molecule has 10 heteroatoms. The van der Waals surface area contributed by atoms with Gasteiger partial charge in [-0.15, -0.1) is 21.5 Å². The van der Waals surface area contributed by atoms with Crippen LogP contribution >= 0.6 is 23.1 Å². The molecule has 0 spiro atoms. The normalized spacial score (nSPS) is 15.6. The second kappa shape index (κ2) is 11.3.